The lowest BCUT2D eigenvalue weighted by Crippen LogP contribution is -2.39. The van der Waals surface area contributed by atoms with Crippen LogP contribution in [0.4, 0.5) is 0 Å². The third-order valence-electron chi connectivity index (χ3n) is 2.74. The van der Waals surface area contributed by atoms with E-state index >= 15 is 0 Å². The summed E-state index contributed by atoms with van der Waals surface area (Å²) in [5.41, 5.74) is 1.30. The van der Waals surface area contributed by atoms with Crippen LogP contribution in [0.15, 0.2) is 36.8 Å². The van der Waals surface area contributed by atoms with Gasteiger partial charge in [0.25, 0.3) is 0 Å². The molecule has 86 valence electrons. The molecule has 0 fully saturated rings. The first kappa shape index (κ1) is 11.0. The van der Waals surface area contributed by atoms with Gasteiger partial charge < -0.3 is 9.80 Å². The third kappa shape index (κ3) is 2.54. The maximum absolute atomic E-state index is 4.34. The van der Waals surface area contributed by atoms with E-state index in [9.17, 15) is 0 Å². The molecule has 0 atom stereocenters. The number of rotatable bonds is 2. The molecule has 0 unspecified atom stereocenters. The van der Waals surface area contributed by atoms with Crippen LogP contribution in [0.5, 0.6) is 0 Å². The van der Waals surface area contributed by atoms with Crippen molar-refractivity contribution in [2.75, 3.05) is 6.67 Å². The molecule has 2 rings (SSSR count). The van der Waals surface area contributed by atoms with E-state index in [-0.39, 0.29) is 5.54 Å². The van der Waals surface area contributed by atoms with Crippen molar-refractivity contribution in [2.24, 2.45) is 0 Å². The van der Waals surface area contributed by atoms with Crippen LogP contribution < -0.4 is 0 Å². The smallest absolute Gasteiger partial charge is 0.0902 e. The van der Waals surface area contributed by atoms with E-state index in [1.54, 1.807) is 0 Å². The minimum absolute atomic E-state index is 0.190. The predicted molar refractivity (Wildman–Crippen MR) is 65.4 cm³/mol. The highest BCUT2D eigenvalue weighted by atomic mass is 15.4. The summed E-state index contributed by atoms with van der Waals surface area (Å²) in [6.07, 6.45) is 6.14. The van der Waals surface area contributed by atoms with E-state index in [2.05, 4.69) is 54.0 Å². The van der Waals surface area contributed by atoms with Crippen LogP contribution in [0.2, 0.25) is 0 Å². The summed E-state index contributed by atoms with van der Waals surface area (Å²) in [5.74, 6) is 0. The maximum atomic E-state index is 4.34. The zero-order valence-corrected chi connectivity index (χ0v) is 10.2. The number of hydrogen-bond acceptors (Lipinski definition) is 3. The lowest BCUT2D eigenvalue weighted by molar-refractivity contribution is 0.158. The summed E-state index contributed by atoms with van der Waals surface area (Å²) in [7, 11) is 0. The molecule has 2 heterocycles. The van der Waals surface area contributed by atoms with Gasteiger partial charge in [-0.25, -0.2) is 0 Å². The SMILES string of the molecule is CC(C)(C)N1C=CN(Cc2ccccn2)C1. The normalized spacial score (nSPS) is 15.9. The monoisotopic (exact) mass is 217 g/mol. The highest BCUT2D eigenvalue weighted by molar-refractivity contribution is 5.06. The van der Waals surface area contributed by atoms with E-state index in [0.29, 0.717) is 0 Å². The molecule has 0 saturated carbocycles. The summed E-state index contributed by atoms with van der Waals surface area (Å²) in [4.78, 5) is 8.94. The van der Waals surface area contributed by atoms with Crippen LogP contribution in [0.1, 0.15) is 26.5 Å². The van der Waals surface area contributed by atoms with Gasteiger partial charge in [0.15, 0.2) is 0 Å². The van der Waals surface area contributed by atoms with Gasteiger partial charge in [0.05, 0.1) is 18.9 Å². The molecule has 1 aromatic rings. The second-order valence-corrected chi connectivity index (χ2v) is 5.15. The fraction of sp³-hybridized carbons (Fsp3) is 0.462. The fourth-order valence-electron chi connectivity index (χ4n) is 1.70. The highest BCUT2D eigenvalue weighted by Crippen LogP contribution is 2.20. The lowest BCUT2D eigenvalue weighted by Gasteiger charge is -2.33. The Bertz CT molecular complexity index is 365. The average Bonchev–Trinajstić information content (AvgIpc) is 2.67. The van der Waals surface area contributed by atoms with Crippen molar-refractivity contribution < 1.29 is 0 Å². The lowest BCUT2D eigenvalue weighted by atomic mass is 10.1. The Labute approximate surface area is 97.4 Å². The van der Waals surface area contributed by atoms with Crippen LogP contribution in [-0.4, -0.2) is 27.0 Å². The first-order valence-electron chi connectivity index (χ1n) is 5.65. The number of nitrogens with zero attached hydrogens (tertiary/aromatic N) is 3. The van der Waals surface area contributed by atoms with Gasteiger partial charge in [0, 0.05) is 24.1 Å². The van der Waals surface area contributed by atoms with E-state index < -0.39 is 0 Å². The minimum Gasteiger partial charge on any atom is -0.354 e. The highest BCUT2D eigenvalue weighted by Gasteiger charge is 2.23. The van der Waals surface area contributed by atoms with Gasteiger partial charge in [-0.2, -0.15) is 0 Å². The van der Waals surface area contributed by atoms with Gasteiger partial charge in [-0.3, -0.25) is 4.98 Å². The van der Waals surface area contributed by atoms with Crippen LogP contribution in [0.25, 0.3) is 0 Å². The standard InChI is InChI=1S/C13H19N3/c1-13(2,3)16-9-8-15(11-16)10-12-6-4-5-7-14-12/h4-9H,10-11H2,1-3H3. The molecule has 0 N–H and O–H groups in total. The van der Waals surface area contributed by atoms with Gasteiger partial charge >= 0.3 is 0 Å². The molecular weight excluding hydrogens is 198 g/mol. The van der Waals surface area contributed by atoms with Crippen molar-refractivity contribution in [1.82, 2.24) is 14.8 Å². The van der Waals surface area contributed by atoms with Crippen LogP contribution >= 0.6 is 0 Å². The van der Waals surface area contributed by atoms with Crippen LogP contribution in [0.3, 0.4) is 0 Å². The largest absolute Gasteiger partial charge is 0.354 e. The first-order chi connectivity index (χ1) is 7.55. The minimum atomic E-state index is 0.190. The summed E-state index contributed by atoms with van der Waals surface area (Å²) >= 11 is 0. The Morgan fingerprint density at radius 2 is 2.06 bits per heavy atom. The van der Waals surface area contributed by atoms with E-state index in [0.717, 1.165) is 18.9 Å². The summed E-state index contributed by atoms with van der Waals surface area (Å²) in [6.45, 7) is 8.49. The predicted octanol–water partition coefficient (Wildman–Crippen LogP) is 2.43. The van der Waals surface area contributed by atoms with E-state index in [1.165, 1.54) is 0 Å². The summed E-state index contributed by atoms with van der Waals surface area (Å²) in [6, 6.07) is 6.04. The van der Waals surface area contributed by atoms with Crippen molar-refractivity contribution in [3.63, 3.8) is 0 Å². The molecule has 3 nitrogen and oxygen atoms in total. The Kier molecular flexibility index (Phi) is 2.86. The summed E-state index contributed by atoms with van der Waals surface area (Å²) in [5, 5.41) is 0. The molecule has 0 aromatic carbocycles. The molecule has 0 saturated heterocycles. The van der Waals surface area contributed by atoms with Crippen LogP contribution in [-0.2, 0) is 6.54 Å². The molecule has 1 aromatic heterocycles. The van der Waals surface area contributed by atoms with Gasteiger partial charge in [0.1, 0.15) is 0 Å². The van der Waals surface area contributed by atoms with Crippen LogP contribution in [0, 0.1) is 0 Å². The Balaban J connectivity index is 1.94. The molecule has 0 spiro atoms. The zero-order valence-electron chi connectivity index (χ0n) is 10.2. The van der Waals surface area contributed by atoms with E-state index in [4.69, 9.17) is 0 Å². The molecule has 0 radical (unpaired) electrons. The molecule has 16 heavy (non-hydrogen) atoms. The zero-order chi connectivity index (χ0) is 11.6. The molecule has 0 amide bonds. The number of pyridine rings is 1. The molecule has 3 heteroatoms. The van der Waals surface area contributed by atoms with Crippen molar-refractivity contribution in [3.05, 3.63) is 42.5 Å². The van der Waals surface area contributed by atoms with Gasteiger partial charge in [-0.05, 0) is 32.9 Å². The Hall–Kier alpha value is -1.51. The fourth-order valence-corrected chi connectivity index (χ4v) is 1.70. The molecular formula is C13H19N3. The molecule has 1 aliphatic rings. The Morgan fingerprint density at radius 3 is 2.62 bits per heavy atom. The molecule has 1 aliphatic heterocycles. The van der Waals surface area contributed by atoms with Gasteiger partial charge in [0.2, 0.25) is 0 Å². The summed E-state index contributed by atoms with van der Waals surface area (Å²) < 4.78 is 0. The van der Waals surface area contributed by atoms with Crippen molar-refractivity contribution in [3.8, 4) is 0 Å². The second kappa shape index (κ2) is 4.16. The van der Waals surface area contributed by atoms with Crippen molar-refractivity contribution in [1.29, 1.82) is 0 Å². The average molecular weight is 217 g/mol. The molecule has 0 aliphatic carbocycles. The maximum Gasteiger partial charge on any atom is 0.0902 e. The second-order valence-electron chi connectivity index (χ2n) is 5.15. The number of aromatic nitrogens is 1. The van der Waals surface area contributed by atoms with Crippen molar-refractivity contribution >= 4 is 0 Å². The topological polar surface area (TPSA) is 19.4 Å². The third-order valence-corrected chi connectivity index (χ3v) is 2.74. The van der Waals surface area contributed by atoms with Gasteiger partial charge in [-0.15, -0.1) is 0 Å². The van der Waals surface area contributed by atoms with E-state index in [1.807, 2.05) is 18.3 Å². The number of hydrogen-bond donors (Lipinski definition) is 0. The van der Waals surface area contributed by atoms with Gasteiger partial charge in [-0.1, -0.05) is 6.07 Å². The molecule has 0 bridgehead atoms. The Morgan fingerprint density at radius 1 is 1.25 bits per heavy atom. The first-order valence-corrected chi connectivity index (χ1v) is 5.65. The van der Waals surface area contributed by atoms with Crippen molar-refractivity contribution in [2.45, 2.75) is 32.9 Å². The quantitative estimate of drug-likeness (QED) is 0.758.